The molecule has 1 saturated carbocycles. The van der Waals surface area contributed by atoms with E-state index in [0.29, 0.717) is 18.5 Å². The quantitative estimate of drug-likeness (QED) is 0.861. The lowest BCUT2D eigenvalue weighted by atomic mass is 10.0. The number of nitrogens with zero attached hydrogens (tertiary/aromatic N) is 3. The molecule has 0 bridgehead atoms. The third-order valence-electron chi connectivity index (χ3n) is 4.59. The average Bonchev–Trinajstić information content (AvgIpc) is 3.24. The minimum absolute atomic E-state index is 0.288. The van der Waals surface area contributed by atoms with Gasteiger partial charge in [-0.1, -0.05) is 12.2 Å². The normalized spacial score (nSPS) is 21.4. The monoisotopic (exact) mass is 284 g/mol. The Bertz CT molecular complexity index is 586. The highest BCUT2D eigenvalue weighted by Gasteiger charge is 2.35. The molecule has 1 N–H and O–H groups in total. The van der Waals surface area contributed by atoms with Gasteiger partial charge >= 0.3 is 0 Å². The van der Waals surface area contributed by atoms with Gasteiger partial charge in [-0.3, -0.25) is 4.79 Å². The van der Waals surface area contributed by atoms with Gasteiger partial charge in [0.25, 0.3) is 0 Å². The van der Waals surface area contributed by atoms with Gasteiger partial charge in [-0.05, 0) is 32.1 Å². The lowest BCUT2D eigenvalue weighted by Gasteiger charge is -2.29. The summed E-state index contributed by atoms with van der Waals surface area (Å²) >= 11 is 0. The zero-order valence-corrected chi connectivity index (χ0v) is 12.1. The summed E-state index contributed by atoms with van der Waals surface area (Å²) in [6.07, 6.45) is 11.1. The minimum Gasteiger partial charge on any atom is -0.366 e. The van der Waals surface area contributed by atoms with Crippen molar-refractivity contribution < 1.29 is 4.79 Å². The Morgan fingerprint density at radius 3 is 2.81 bits per heavy atom. The Labute approximate surface area is 124 Å². The van der Waals surface area contributed by atoms with Gasteiger partial charge in [0.2, 0.25) is 5.91 Å². The third kappa shape index (κ3) is 2.52. The van der Waals surface area contributed by atoms with Crippen molar-refractivity contribution in [3.8, 4) is 0 Å². The van der Waals surface area contributed by atoms with E-state index in [1.165, 1.54) is 5.56 Å². The molecule has 1 aromatic heterocycles. The van der Waals surface area contributed by atoms with Crippen molar-refractivity contribution in [2.75, 3.05) is 11.9 Å². The van der Waals surface area contributed by atoms with Crippen LogP contribution in [0.25, 0.3) is 0 Å². The van der Waals surface area contributed by atoms with Crippen LogP contribution in [0.1, 0.15) is 36.9 Å². The number of rotatable bonds is 3. The van der Waals surface area contributed by atoms with E-state index >= 15 is 0 Å². The lowest BCUT2D eigenvalue weighted by molar-refractivity contribution is -0.133. The molecule has 110 valence electrons. The number of carbonyl (C=O) groups excluding carboxylic acids is 1. The van der Waals surface area contributed by atoms with E-state index in [-0.39, 0.29) is 5.92 Å². The van der Waals surface area contributed by atoms with Crippen molar-refractivity contribution in [2.24, 2.45) is 5.92 Å². The van der Waals surface area contributed by atoms with Gasteiger partial charge in [0.1, 0.15) is 12.1 Å². The van der Waals surface area contributed by atoms with Crippen LogP contribution in [0.2, 0.25) is 0 Å². The highest BCUT2D eigenvalue weighted by molar-refractivity contribution is 5.81. The summed E-state index contributed by atoms with van der Waals surface area (Å²) in [4.78, 5) is 23.0. The zero-order chi connectivity index (χ0) is 14.2. The molecule has 0 saturated heterocycles. The molecule has 0 radical (unpaired) electrons. The zero-order valence-electron chi connectivity index (χ0n) is 12.1. The topological polar surface area (TPSA) is 58.1 Å². The maximum Gasteiger partial charge on any atom is 0.226 e. The number of carbonyl (C=O) groups is 1. The van der Waals surface area contributed by atoms with E-state index in [2.05, 4.69) is 27.4 Å². The maximum atomic E-state index is 12.2. The second-order valence-electron chi connectivity index (χ2n) is 6.22. The molecule has 5 nitrogen and oxygen atoms in total. The second kappa shape index (κ2) is 5.13. The molecule has 0 unspecified atom stereocenters. The fraction of sp³-hybridized carbons (Fsp3) is 0.562. The number of hydrogen-bond acceptors (Lipinski definition) is 4. The van der Waals surface area contributed by atoms with E-state index in [4.69, 9.17) is 0 Å². The van der Waals surface area contributed by atoms with Gasteiger partial charge in [0.15, 0.2) is 0 Å². The summed E-state index contributed by atoms with van der Waals surface area (Å²) in [7, 11) is 0. The first kappa shape index (κ1) is 12.8. The molecule has 2 heterocycles. The van der Waals surface area contributed by atoms with E-state index in [1.807, 2.05) is 4.90 Å². The molecule has 0 spiro atoms. The van der Waals surface area contributed by atoms with Gasteiger partial charge in [-0.2, -0.15) is 0 Å². The van der Waals surface area contributed by atoms with E-state index in [0.717, 1.165) is 50.2 Å². The number of aromatic nitrogens is 2. The van der Waals surface area contributed by atoms with E-state index < -0.39 is 0 Å². The molecule has 1 amide bonds. The van der Waals surface area contributed by atoms with Crippen LogP contribution in [-0.4, -0.2) is 33.4 Å². The Morgan fingerprint density at radius 2 is 2.05 bits per heavy atom. The first-order valence-corrected chi connectivity index (χ1v) is 7.84. The Hall–Kier alpha value is -1.91. The Kier molecular flexibility index (Phi) is 3.13. The largest absolute Gasteiger partial charge is 0.366 e. The van der Waals surface area contributed by atoms with Crippen LogP contribution in [0.4, 0.5) is 5.82 Å². The average molecular weight is 284 g/mol. The van der Waals surface area contributed by atoms with Gasteiger partial charge < -0.3 is 10.2 Å². The minimum atomic E-state index is 0.288. The summed E-state index contributed by atoms with van der Waals surface area (Å²) in [6.45, 7) is 1.44. The predicted molar refractivity (Wildman–Crippen MR) is 79.7 cm³/mol. The molecule has 1 fully saturated rings. The predicted octanol–water partition coefficient (Wildman–Crippen LogP) is 1.90. The number of fused-ring (bicyclic) bond motifs is 1. The van der Waals surface area contributed by atoms with Crippen molar-refractivity contribution in [3.63, 3.8) is 0 Å². The van der Waals surface area contributed by atoms with Gasteiger partial charge in [0, 0.05) is 24.1 Å². The molecule has 21 heavy (non-hydrogen) atoms. The standard InChI is InChI=1S/C16H20N4O/c21-16(11-5-6-11)20-8-7-13-14(9-20)17-10-18-15(13)19-12-3-1-2-4-12/h1-2,10-12H,3-9H2,(H,17,18,19). The van der Waals surface area contributed by atoms with Crippen molar-refractivity contribution in [3.05, 3.63) is 29.7 Å². The van der Waals surface area contributed by atoms with Crippen LogP contribution in [0.5, 0.6) is 0 Å². The van der Waals surface area contributed by atoms with Gasteiger partial charge in [0.05, 0.1) is 12.2 Å². The summed E-state index contributed by atoms with van der Waals surface area (Å²) in [5.74, 6) is 1.57. The molecule has 3 aliphatic rings. The van der Waals surface area contributed by atoms with Crippen molar-refractivity contribution >= 4 is 11.7 Å². The number of anilines is 1. The smallest absolute Gasteiger partial charge is 0.226 e. The summed E-state index contributed by atoms with van der Waals surface area (Å²) in [6, 6.07) is 0.454. The molecule has 0 aromatic carbocycles. The molecule has 1 aliphatic heterocycles. The van der Waals surface area contributed by atoms with Crippen LogP contribution < -0.4 is 5.32 Å². The maximum absolute atomic E-state index is 12.2. The lowest BCUT2D eigenvalue weighted by Crippen LogP contribution is -2.38. The van der Waals surface area contributed by atoms with Crippen LogP contribution in [0, 0.1) is 5.92 Å². The van der Waals surface area contributed by atoms with Crippen molar-refractivity contribution in [1.29, 1.82) is 0 Å². The Balaban J connectivity index is 1.51. The molecule has 4 rings (SSSR count). The van der Waals surface area contributed by atoms with E-state index in [9.17, 15) is 4.79 Å². The van der Waals surface area contributed by atoms with Crippen LogP contribution >= 0.6 is 0 Å². The fourth-order valence-electron chi connectivity index (χ4n) is 3.18. The molecule has 2 aliphatic carbocycles. The molecule has 1 aromatic rings. The number of amides is 1. The molecule has 0 atom stereocenters. The van der Waals surface area contributed by atoms with Gasteiger partial charge in [-0.25, -0.2) is 9.97 Å². The van der Waals surface area contributed by atoms with Gasteiger partial charge in [-0.15, -0.1) is 0 Å². The third-order valence-corrected chi connectivity index (χ3v) is 4.59. The molecular formula is C16H20N4O. The summed E-state index contributed by atoms with van der Waals surface area (Å²) in [5.41, 5.74) is 2.21. The number of hydrogen-bond donors (Lipinski definition) is 1. The highest BCUT2D eigenvalue weighted by atomic mass is 16.2. The molecule has 5 heteroatoms. The number of nitrogens with one attached hydrogen (secondary N) is 1. The SMILES string of the molecule is O=C(C1CC1)N1CCc2c(ncnc2NC2CC=CC2)C1. The van der Waals surface area contributed by atoms with E-state index in [1.54, 1.807) is 6.33 Å². The second-order valence-corrected chi connectivity index (χ2v) is 6.22. The van der Waals surface area contributed by atoms with Crippen LogP contribution in [0.15, 0.2) is 18.5 Å². The van der Waals surface area contributed by atoms with Crippen LogP contribution in [-0.2, 0) is 17.8 Å². The molecular weight excluding hydrogens is 264 g/mol. The highest BCUT2D eigenvalue weighted by Crippen LogP contribution is 2.33. The first-order chi connectivity index (χ1) is 10.3. The van der Waals surface area contributed by atoms with Crippen molar-refractivity contribution in [2.45, 2.75) is 44.7 Å². The summed E-state index contributed by atoms with van der Waals surface area (Å²) in [5, 5.41) is 3.53. The van der Waals surface area contributed by atoms with Crippen molar-refractivity contribution in [1.82, 2.24) is 14.9 Å². The summed E-state index contributed by atoms with van der Waals surface area (Å²) < 4.78 is 0. The first-order valence-electron chi connectivity index (χ1n) is 7.84. The Morgan fingerprint density at radius 1 is 1.24 bits per heavy atom. The fourth-order valence-corrected chi connectivity index (χ4v) is 3.18. The van der Waals surface area contributed by atoms with Crippen LogP contribution in [0.3, 0.4) is 0 Å².